The number of amides is 1. The highest BCUT2D eigenvalue weighted by atomic mass is 16.1. The molecule has 21 heavy (non-hydrogen) atoms. The Balaban J connectivity index is 1.63. The highest BCUT2D eigenvalue weighted by molar-refractivity contribution is 5.96. The summed E-state index contributed by atoms with van der Waals surface area (Å²) in [7, 11) is 0. The number of carbonyl (C=O) groups excluding carboxylic acids is 1. The van der Waals surface area contributed by atoms with E-state index in [1.165, 1.54) is 0 Å². The fourth-order valence-electron chi connectivity index (χ4n) is 2.63. The maximum atomic E-state index is 12.1. The van der Waals surface area contributed by atoms with Crippen molar-refractivity contribution in [3.8, 4) is 6.19 Å². The lowest BCUT2D eigenvalue weighted by Crippen LogP contribution is -2.30. The molecule has 0 radical (unpaired) electrons. The molecule has 0 unspecified atom stereocenters. The van der Waals surface area contributed by atoms with Crippen molar-refractivity contribution >= 4 is 16.7 Å². The molecule has 1 atom stereocenters. The summed E-state index contributed by atoms with van der Waals surface area (Å²) in [6.07, 6.45) is 4.80. The number of nitrogens with one attached hydrogen (secondary N) is 1. The Kier molecular flexibility index (Phi) is 3.69. The molecule has 5 nitrogen and oxygen atoms in total. The summed E-state index contributed by atoms with van der Waals surface area (Å²) >= 11 is 0. The van der Waals surface area contributed by atoms with Crippen molar-refractivity contribution in [1.82, 2.24) is 15.2 Å². The van der Waals surface area contributed by atoms with Gasteiger partial charge in [-0.25, -0.2) is 0 Å². The van der Waals surface area contributed by atoms with Gasteiger partial charge in [0.2, 0.25) is 0 Å². The number of benzene rings is 1. The smallest absolute Gasteiger partial charge is 0.269 e. The molecule has 0 bridgehead atoms. The van der Waals surface area contributed by atoms with Gasteiger partial charge in [-0.1, -0.05) is 24.3 Å². The number of aromatic nitrogens is 1. The summed E-state index contributed by atoms with van der Waals surface area (Å²) in [5.74, 6) is 0.185. The van der Waals surface area contributed by atoms with Gasteiger partial charge in [0.05, 0.1) is 0 Å². The van der Waals surface area contributed by atoms with Gasteiger partial charge in [0, 0.05) is 31.2 Å². The minimum Gasteiger partial charge on any atom is -0.350 e. The van der Waals surface area contributed by atoms with Crippen LogP contribution in [0.1, 0.15) is 16.9 Å². The van der Waals surface area contributed by atoms with E-state index in [1.807, 2.05) is 24.3 Å². The van der Waals surface area contributed by atoms with E-state index in [9.17, 15) is 4.79 Å². The largest absolute Gasteiger partial charge is 0.350 e. The third kappa shape index (κ3) is 2.95. The number of nitrogens with zero attached hydrogens (tertiary/aromatic N) is 3. The minimum absolute atomic E-state index is 0.156. The van der Waals surface area contributed by atoms with E-state index >= 15 is 0 Å². The quantitative estimate of drug-likeness (QED) is 0.870. The van der Waals surface area contributed by atoms with E-state index in [-0.39, 0.29) is 5.91 Å². The van der Waals surface area contributed by atoms with Crippen LogP contribution in [0.4, 0.5) is 0 Å². The number of nitriles is 1. The van der Waals surface area contributed by atoms with Crippen LogP contribution in [-0.2, 0) is 0 Å². The molecule has 106 valence electrons. The van der Waals surface area contributed by atoms with Crippen molar-refractivity contribution in [2.24, 2.45) is 5.92 Å². The van der Waals surface area contributed by atoms with Crippen LogP contribution in [-0.4, -0.2) is 35.4 Å². The summed E-state index contributed by atoms with van der Waals surface area (Å²) in [5, 5.41) is 13.8. The van der Waals surface area contributed by atoms with Crippen molar-refractivity contribution in [2.75, 3.05) is 19.6 Å². The third-order valence-electron chi connectivity index (χ3n) is 3.84. The minimum atomic E-state index is -0.156. The van der Waals surface area contributed by atoms with E-state index < -0.39 is 0 Å². The molecule has 1 amide bonds. The Hall–Kier alpha value is -2.61. The van der Waals surface area contributed by atoms with Gasteiger partial charge in [-0.3, -0.25) is 9.78 Å². The topological polar surface area (TPSA) is 69.0 Å². The van der Waals surface area contributed by atoms with E-state index in [4.69, 9.17) is 5.26 Å². The standard InChI is InChI=1S/C16H16N4O/c17-11-20-6-5-12(10-20)8-19-16(21)15-7-13-3-1-2-4-14(13)9-18-15/h1-4,7,9,12H,5-6,8,10H2,(H,19,21)/t12-/m1/s1. The Morgan fingerprint density at radius 1 is 1.43 bits per heavy atom. The van der Waals surface area contributed by atoms with Crippen molar-refractivity contribution < 1.29 is 4.79 Å². The van der Waals surface area contributed by atoms with E-state index in [0.29, 0.717) is 18.2 Å². The van der Waals surface area contributed by atoms with E-state index in [2.05, 4.69) is 16.5 Å². The third-order valence-corrected chi connectivity index (χ3v) is 3.84. The number of hydrogen-bond acceptors (Lipinski definition) is 4. The molecule has 1 aromatic heterocycles. The van der Waals surface area contributed by atoms with Crippen molar-refractivity contribution in [1.29, 1.82) is 5.26 Å². The first-order valence-corrected chi connectivity index (χ1v) is 7.04. The first-order valence-electron chi connectivity index (χ1n) is 7.04. The zero-order chi connectivity index (χ0) is 14.7. The molecule has 1 N–H and O–H groups in total. The highest BCUT2D eigenvalue weighted by Gasteiger charge is 2.22. The van der Waals surface area contributed by atoms with Crippen LogP contribution in [0.15, 0.2) is 36.5 Å². The summed E-state index contributed by atoms with van der Waals surface area (Å²) in [6.45, 7) is 2.10. The maximum absolute atomic E-state index is 12.1. The molecule has 2 aromatic rings. The van der Waals surface area contributed by atoms with Gasteiger partial charge in [-0.15, -0.1) is 0 Å². The van der Waals surface area contributed by atoms with Crippen LogP contribution in [0.3, 0.4) is 0 Å². The van der Waals surface area contributed by atoms with E-state index in [0.717, 1.165) is 30.3 Å². The molecule has 1 aliphatic heterocycles. The zero-order valence-corrected chi connectivity index (χ0v) is 11.6. The fraction of sp³-hybridized carbons (Fsp3) is 0.312. The van der Waals surface area contributed by atoms with Crippen LogP contribution in [0.5, 0.6) is 0 Å². The lowest BCUT2D eigenvalue weighted by atomic mass is 10.1. The van der Waals surface area contributed by atoms with Crippen LogP contribution in [0.25, 0.3) is 10.8 Å². The highest BCUT2D eigenvalue weighted by Crippen LogP contribution is 2.15. The van der Waals surface area contributed by atoms with Gasteiger partial charge < -0.3 is 10.2 Å². The second kappa shape index (κ2) is 5.80. The average molecular weight is 280 g/mol. The second-order valence-corrected chi connectivity index (χ2v) is 5.33. The van der Waals surface area contributed by atoms with E-state index in [1.54, 1.807) is 17.2 Å². The Bertz CT molecular complexity index is 707. The normalized spacial score (nSPS) is 17.7. The number of carbonyl (C=O) groups is 1. The molecule has 3 rings (SSSR count). The lowest BCUT2D eigenvalue weighted by molar-refractivity contribution is 0.0943. The number of likely N-dealkylation sites (tertiary alicyclic amines) is 1. The van der Waals surface area contributed by atoms with Crippen molar-refractivity contribution in [2.45, 2.75) is 6.42 Å². The van der Waals surface area contributed by atoms with Crippen molar-refractivity contribution in [3.63, 3.8) is 0 Å². The summed E-state index contributed by atoms with van der Waals surface area (Å²) in [4.78, 5) is 18.1. The van der Waals surface area contributed by atoms with Crippen molar-refractivity contribution in [3.05, 3.63) is 42.2 Å². The first-order chi connectivity index (χ1) is 10.3. The van der Waals surface area contributed by atoms with Gasteiger partial charge in [0.1, 0.15) is 5.69 Å². The van der Waals surface area contributed by atoms with Crippen LogP contribution in [0, 0.1) is 17.4 Å². The lowest BCUT2D eigenvalue weighted by Gasteiger charge is -2.11. The van der Waals surface area contributed by atoms with Gasteiger partial charge in [0.25, 0.3) is 5.91 Å². The summed E-state index contributed by atoms with van der Waals surface area (Å²) in [6, 6.07) is 9.64. The maximum Gasteiger partial charge on any atom is 0.269 e. The number of pyridine rings is 1. The summed E-state index contributed by atoms with van der Waals surface area (Å²) < 4.78 is 0. The first kappa shape index (κ1) is 13.4. The predicted octanol–water partition coefficient (Wildman–Crippen LogP) is 1.77. The predicted molar refractivity (Wildman–Crippen MR) is 79.4 cm³/mol. The van der Waals surface area contributed by atoms with Crippen LogP contribution in [0.2, 0.25) is 0 Å². The molecular formula is C16H16N4O. The average Bonchev–Trinajstić information content (AvgIpc) is 3.00. The molecule has 1 fully saturated rings. The molecular weight excluding hydrogens is 264 g/mol. The fourth-order valence-corrected chi connectivity index (χ4v) is 2.63. The zero-order valence-electron chi connectivity index (χ0n) is 11.6. The van der Waals surface area contributed by atoms with Crippen LogP contribution >= 0.6 is 0 Å². The van der Waals surface area contributed by atoms with Gasteiger partial charge in [-0.05, 0) is 23.8 Å². The van der Waals surface area contributed by atoms with Gasteiger partial charge >= 0.3 is 0 Å². The molecule has 0 spiro atoms. The molecule has 0 aliphatic carbocycles. The Labute approximate surface area is 123 Å². The van der Waals surface area contributed by atoms with Crippen LogP contribution < -0.4 is 5.32 Å². The SMILES string of the molecule is N#CN1CC[C@H](CNC(=O)c2cc3ccccc3cn2)C1. The number of fused-ring (bicyclic) bond motifs is 1. The summed E-state index contributed by atoms with van der Waals surface area (Å²) in [5.41, 5.74) is 0.434. The van der Waals surface area contributed by atoms with Gasteiger partial charge in [-0.2, -0.15) is 5.26 Å². The van der Waals surface area contributed by atoms with Gasteiger partial charge in [0.15, 0.2) is 6.19 Å². The second-order valence-electron chi connectivity index (χ2n) is 5.33. The molecule has 1 aliphatic rings. The number of rotatable bonds is 3. The number of hydrogen-bond donors (Lipinski definition) is 1. The monoisotopic (exact) mass is 280 g/mol. The molecule has 2 heterocycles. The molecule has 5 heteroatoms. The Morgan fingerprint density at radius 2 is 2.24 bits per heavy atom. The molecule has 1 saturated heterocycles. The molecule has 0 saturated carbocycles. The Morgan fingerprint density at radius 3 is 3.00 bits per heavy atom. The molecule has 1 aromatic carbocycles.